The maximum Gasteiger partial charge on any atom is 0.329 e. The van der Waals surface area contributed by atoms with Gasteiger partial charge in [0, 0.05) is 35.5 Å². The van der Waals surface area contributed by atoms with Crippen LogP contribution in [0.2, 0.25) is 0 Å². The second-order valence-corrected chi connectivity index (χ2v) is 8.47. The first kappa shape index (κ1) is 17.9. The molecule has 0 saturated heterocycles. The van der Waals surface area contributed by atoms with Crippen LogP contribution in [0, 0.1) is 5.92 Å². The Balaban J connectivity index is 1.91. The number of rotatable bonds is 4. The quantitative estimate of drug-likeness (QED) is 0.750. The van der Waals surface area contributed by atoms with E-state index in [-0.39, 0.29) is 11.7 Å². The second kappa shape index (κ2) is 6.88. The smallest absolute Gasteiger partial charge is 0.294 e. The molecule has 0 unspecified atom stereocenters. The fraction of sp³-hybridized carbons (Fsp3) is 0.400. The van der Waals surface area contributed by atoms with Crippen molar-refractivity contribution in [1.82, 2.24) is 14.5 Å². The van der Waals surface area contributed by atoms with Gasteiger partial charge in [-0.25, -0.2) is 9.78 Å². The number of aryl methyl sites for hydroxylation is 1. The average Bonchev–Trinajstić information content (AvgIpc) is 3.15. The number of carbonyl (C=O) groups excluding carboxylic acids is 1. The van der Waals surface area contributed by atoms with Crippen molar-refractivity contribution in [2.24, 2.45) is 5.92 Å². The highest BCUT2D eigenvalue weighted by molar-refractivity contribution is 7.10. The van der Waals surface area contributed by atoms with Crippen molar-refractivity contribution in [3.05, 3.63) is 60.6 Å². The van der Waals surface area contributed by atoms with Crippen LogP contribution in [0.4, 0.5) is 0 Å². The fourth-order valence-electron chi connectivity index (χ4n) is 3.73. The number of nitrogens with zero attached hydrogens (tertiary/aromatic N) is 2. The van der Waals surface area contributed by atoms with E-state index in [9.17, 15) is 14.4 Å². The minimum absolute atomic E-state index is 0.00313. The van der Waals surface area contributed by atoms with Crippen LogP contribution < -0.4 is 11.2 Å². The molecule has 3 aromatic heterocycles. The summed E-state index contributed by atoms with van der Waals surface area (Å²) in [5, 5.41) is 2.38. The lowest BCUT2D eigenvalue weighted by Gasteiger charge is -2.24. The molecule has 1 aliphatic carbocycles. The van der Waals surface area contributed by atoms with E-state index in [0.717, 1.165) is 11.3 Å². The van der Waals surface area contributed by atoms with Gasteiger partial charge in [-0.05, 0) is 35.8 Å². The van der Waals surface area contributed by atoms with Gasteiger partial charge in [-0.2, -0.15) is 0 Å². The number of H-pyrrole nitrogens is 1. The minimum atomic E-state index is -0.459. The molecule has 1 aliphatic rings. The van der Waals surface area contributed by atoms with Crippen molar-refractivity contribution in [2.45, 2.75) is 45.6 Å². The number of Topliss-reactive ketones (excluding diaryl/α,β-unsaturated/α-hetero) is 1. The van der Waals surface area contributed by atoms with E-state index in [0.29, 0.717) is 47.5 Å². The summed E-state index contributed by atoms with van der Waals surface area (Å²) in [6, 6.07) is 4.00. The third-order valence-electron chi connectivity index (χ3n) is 5.17. The molecule has 3 heterocycles. The van der Waals surface area contributed by atoms with E-state index in [4.69, 9.17) is 0 Å². The topological polar surface area (TPSA) is 84.8 Å². The summed E-state index contributed by atoms with van der Waals surface area (Å²) < 4.78 is 1.52. The van der Waals surface area contributed by atoms with Crippen molar-refractivity contribution in [3.8, 4) is 0 Å². The Hall–Kier alpha value is -2.54. The van der Waals surface area contributed by atoms with Gasteiger partial charge in [-0.3, -0.25) is 19.1 Å². The second-order valence-electron chi connectivity index (χ2n) is 7.49. The summed E-state index contributed by atoms with van der Waals surface area (Å²) in [5.74, 6) is 0.482. The number of nitrogens with one attached hydrogen (secondary N) is 1. The van der Waals surface area contributed by atoms with Gasteiger partial charge in [0.05, 0.1) is 5.39 Å². The third kappa shape index (κ3) is 3.16. The highest BCUT2D eigenvalue weighted by Gasteiger charge is 2.30. The maximum absolute atomic E-state index is 12.7. The number of carbonyl (C=O) groups is 1. The number of aromatic amines is 1. The largest absolute Gasteiger partial charge is 0.329 e. The number of ketones is 1. The van der Waals surface area contributed by atoms with Crippen molar-refractivity contribution >= 4 is 28.2 Å². The molecule has 7 heteroatoms. The number of aromatic nitrogens is 3. The van der Waals surface area contributed by atoms with Gasteiger partial charge in [0.15, 0.2) is 5.78 Å². The summed E-state index contributed by atoms with van der Waals surface area (Å²) in [6.07, 6.45) is 3.36. The third-order valence-corrected chi connectivity index (χ3v) is 6.21. The van der Waals surface area contributed by atoms with Crippen LogP contribution in [0.3, 0.4) is 0 Å². The molecule has 4 rings (SSSR count). The summed E-state index contributed by atoms with van der Waals surface area (Å²) in [4.78, 5) is 45.6. The molecule has 140 valence electrons. The van der Waals surface area contributed by atoms with Crippen molar-refractivity contribution in [3.63, 3.8) is 0 Å². The highest BCUT2D eigenvalue weighted by Crippen LogP contribution is 2.36. The molecule has 3 aromatic rings. The van der Waals surface area contributed by atoms with E-state index in [1.807, 2.05) is 17.5 Å². The molecule has 0 aliphatic heterocycles. The Morgan fingerprint density at radius 1 is 1.30 bits per heavy atom. The summed E-state index contributed by atoms with van der Waals surface area (Å²) in [6.45, 7) is 4.65. The fourth-order valence-corrected chi connectivity index (χ4v) is 4.56. The molecule has 0 radical (unpaired) electrons. The standard InChI is InChI=1S/C20H21N3O3S/c1-11(2)5-6-23-18-17(19(25)22-20(23)26)13-8-12(16-4-3-7-27-16)9-15(24)14(13)10-21-18/h3-4,7,10-12H,5-6,8-9H2,1-2H3,(H,22,25,26)/t12-/m1/s1. The van der Waals surface area contributed by atoms with Crippen LogP contribution in [-0.2, 0) is 13.0 Å². The Morgan fingerprint density at radius 3 is 2.81 bits per heavy atom. The summed E-state index contributed by atoms with van der Waals surface area (Å²) in [7, 11) is 0. The molecular weight excluding hydrogens is 362 g/mol. The van der Waals surface area contributed by atoms with Gasteiger partial charge < -0.3 is 0 Å². The van der Waals surface area contributed by atoms with Gasteiger partial charge >= 0.3 is 5.69 Å². The first-order valence-corrected chi connectivity index (χ1v) is 10.0. The zero-order chi connectivity index (χ0) is 19.1. The van der Waals surface area contributed by atoms with E-state index in [1.54, 1.807) is 11.3 Å². The number of thiophene rings is 1. The van der Waals surface area contributed by atoms with Gasteiger partial charge in [-0.15, -0.1) is 11.3 Å². The monoisotopic (exact) mass is 383 g/mol. The van der Waals surface area contributed by atoms with Gasteiger partial charge in [0.2, 0.25) is 0 Å². The molecule has 27 heavy (non-hydrogen) atoms. The maximum atomic E-state index is 12.7. The Morgan fingerprint density at radius 2 is 2.11 bits per heavy atom. The molecule has 0 bridgehead atoms. The van der Waals surface area contributed by atoms with Crippen LogP contribution in [0.25, 0.3) is 11.0 Å². The van der Waals surface area contributed by atoms with Crippen LogP contribution in [-0.4, -0.2) is 20.3 Å². The highest BCUT2D eigenvalue weighted by atomic mass is 32.1. The van der Waals surface area contributed by atoms with E-state index in [1.165, 1.54) is 10.8 Å². The molecule has 0 aromatic carbocycles. The van der Waals surface area contributed by atoms with Crippen LogP contribution >= 0.6 is 11.3 Å². The zero-order valence-electron chi connectivity index (χ0n) is 15.3. The SMILES string of the molecule is CC(C)CCn1c(=O)[nH]c(=O)c2c3c(cnc21)C(=O)C[C@H](c1cccs1)C3. The molecule has 0 amide bonds. The molecular formula is C20H21N3O3S. The lowest BCUT2D eigenvalue weighted by atomic mass is 9.82. The van der Waals surface area contributed by atoms with Gasteiger partial charge in [0.25, 0.3) is 5.56 Å². The van der Waals surface area contributed by atoms with Gasteiger partial charge in [0.1, 0.15) is 5.65 Å². The number of hydrogen-bond acceptors (Lipinski definition) is 5. The number of fused-ring (bicyclic) bond motifs is 3. The van der Waals surface area contributed by atoms with E-state index >= 15 is 0 Å². The van der Waals surface area contributed by atoms with Crippen LogP contribution in [0.15, 0.2) is 33.3 Å². The first-order chi connectivity index (χ1) is 13.0. The number of hydrogen-bond donors (Lipinski definition) is 1. The summed E-state index contributed by atoms with van der Waals surface area (Å²) >= 11 is 1.62. The van der Waals surface area contributed by atoms with Crippen molar-refractivity contribution in [1.29, 1.82) is 0 Å². The van der Waals surface area contributed by atoms with Crippen molar-refractivity contribution < 1.29 is 4.79 Å². The molecule has 1 N–H and O–H groups in total. The van der Waals surface area contributed by atoms with Gasteiger partial charge in [-0.1, -0.05) is 19.9 Å². The molecule has 0 fully saturated rings. The Kier molecular flexibility index (Phi) is 4.55. The number of pyridine rings is 1. The van der Waals surface area contributed by atoms with Crippen molar-refractivity contribution in [2.75, 3.05) is 0 Å². The van der Waals surface area contributed by atoms with E-state index < -0.39 is 11.2 Å². The Bertz CT molecular complexity index is 1130. The molecule has 0 spiro atoms. The normalized spacial score (nSPS) is 16.9. The molecule has 0 saturated carbocycles. The predicted octanol–water partition coefficient (Wildman–Crippen LogP) is 3.11. The van der Waals surface area contributed by atoms with Crippen LogP contribution in [0.5, 0.6) is 0 Å². The first-order valence-electron chi connectivity index (χ1n) is 9.17. The minimum Gasteiger partial charge on any atom is -0.294 e. The summed E-state index contributed by atoms with van der Waals surface area (Å²) in [5.41, 5.74) is 0.698. The molecule has 6 nitrogen and oxygen atoms in total. The average molecular weight is 383 g/mol. The Labute approximate surface area is 159 Å². The zero-order valence-corrected chi connectivity index (χ0v) is 16.1. The predicted molar refractivity (Wildman–Crippen MR) is 106 cm³/mol. The van der Waals surface area contributed by atoms with Crippen LogP contribution in [0.1, 0.15) is 53.4 Å². The lowest BCUT2D eigenvalue weighted by Crippen LogP contribution is -2.33. The van der Waals surface area contributed by atoms with E-state index in [2.05, 4.69) is 23.8 Å². The molecule has 1 atom stereocenters. The lowest BCUT2D eigenvalue weighted by molar-refractivity contribution is 0.0964.